The lowest BCUT2D eigenvalue weighted by atomic mass is 9.87. The second kappa shape index (κ2) is 6.98. The highest BCUT2D eigenvalue weighted by molar-refractivity contribution is 6.00. The number of halogens is 3. The molecule has 2 aromatic rings. The summed E-state index contributed by atoms with van der Waals surface area (Å²) in [5.41, 5.74) is 1.34. The summed E-state index contributed by atoms with van der Waals surface area (Å²) in [6.07, 6.45) is -1.54. The number of rotatable bonds is 3. The number of aryl methyl sites for hydroxylation is 2. The zero-order chi connectivity index (χ0) is 19.8. The Morgan fingerprint density at radius 2 is 1.89 bits per heavy atom. The van der Waals surface area contributed by atoms with E-state index in [0.29, 0.717) is 5.56 Å². The van der Waals surface area contributed by atoms with Crippen LogP contribution in [0.25, 0.3) is 0 Å². The van der Waals surface area contributed by atoms with Gasteiger partial charge in [-0.1, -0.05) is 17.7 Å². The minimum absolute atomic E-state index is 0.0263. The third kappa shape index (κ3) is 4.07. The van der Waals surface area contributed by atoms with E-state index in [1.807, 2.05) is 0 Å². The van der Waals surface area contributed by atoms with Crippen molar-refractivity contribution in [1.82, 2.24) is 14.9 Å². The molecule has 1 aromatic carbocycles. The van der Waals surface area contributed by atoms with Gasteiger partial charge in [0.15, 0.2) is 0 Å². The summed E-state index contributed by atoms with van der Waals surface area (Å²) in [6, 6.07) is 4.33. The fourth-order valence-corrected chi connectivity index (χ4v) is 2.95. The topological polar surface area (TPSA) is 75.2 Å². The van der Waals surface area contributed by atoms with Gasteiger partial charge in [0.1, 0.15) is 6.54 Å². The SMILES string of the molecule is Cc1cnc(NC(=O)CN2CC(C(F)(F)F)c3cc(C)ccc3C2=O)nc1. The third-order valence-corrected chi connectivity index (χ3v) is 4.26. The Morgan fingerprint density at radius 3 is 2.52 bits per heavy atom. The molecule has 27 heavy (non-hydrogen) atoms. The molecule has 0 radical (unpaired) electrons. The van der Waals surface area contributed by atoms with Crippen LogP contribution in [0, 0.1) is 13.8 Å². The lowest BCUT2D eigenvalue weighted by Crippen LogP contribution is -2.47. The summed E-state index contributed by atoms with van der Waals surface area (Å²) < 4.78 is 40.5. The van der Waals surface area contributed by atoms with Gasteiger partial charge in [0.2, 0.25) is 11.9 Å². The fourth-order valence-electron chi connectivity index (χ4n) is 2.95. The van der Waals surface area contributed by atoms with Gasteiger partial charge in [-0.15, -0.1) is 0 Å². The van der Waals surface area contributed by atoms with E-state index < -0.39 is 37.0 Å². The molecule has 0 bridgehead atoms. The maximum atomic E-state index is 13.5. The number of carbonyl (C=O) groups excluding carboxylic acids is 2. The molecule has 1 aromatic heterocycles. The molecule has 0 fully saturated rings. The van der Waals surface area contributed by atoms with Crippen molar-refractivity contribution in [1.29, 1.82) is 0 Å². The number of hydrogen-bond donors (Lipinski definition) is 1. The summed E-state index contributed by atoms with van der Waals surface area (Å²) in [4.78, 5) is 33.5. The minimum Gasteiger partial charge on any atom is -0.328 e. The predicted octanol–water partition coefficient (Wildman–Crippen LogP) is 2.83. The summed E-state index contributed by atoms with van der Waals surface area (Å²) >= 11 is 0. The molecule has 0 saturated carbocycles. The van der Waals surface area contributed by atoms with Gasteiger partial charge < -0.3 is 4.90 Å². The van der Waals surface area contributed by atoms with Crippen molar-refractivity contribution in [3.05, 3.63) is 52.8 Å². The van der Waals surface area contributed by atoms with Gasteiger partial charge in [0.05, 0.1) is 5.92 Å². The molecular weight excluding hydrogens is 361 g/mol. The normalized spacial score (nSPS) is 16.9. The summed E-state index contributed by atoms with van der Waals surface area (Å²) in [5.74, 6) is -3.08. The van der Waals surface area contributed by atoms with E-state index in [2.05, 4.69) is 15.3 Å². The fraction of sp³-hybridized carbons (Fsp3) is 0.333. The first-order valence-corrected chi connectivity index (χ1v) is 8.20. The van der Waals surface area contributed by atoms with Gasteiger partial charge in [0.25, 0.3) is 5.91 Å². The number of fused-ring (bicyclic) bond motifs is 1. The van der Waals surface area contributed by atoms with E-state index in [4.69, 9.17) is 0 Å². The quantitative estimate of drug-likeness (QED) is 0.891. The molecule has 1 aliphatic heterocycles. The zero-order valence-electron chi connectivity index (χ0n) is 14.7. The highest BCUT2D eigenvalue weighted by atomic mass is 19.4. The summed E-state index contributed by atoms with van der Waals surface area (Å²) in [6.45, 7) is 2.31. The Balaban J connectivity index is 1.81. The summed E-state index contributed by atoms with van der Waals surface area (Å²) in [7, 11) is 0. The number of carbonyl (C=O) groups is 2. The van der Waals surface area contributed by atoms with Gasteiger partial charge in [-0.05, 0) is 31.0 Å². The molecule has 0 aliphatic carbocycles. The molecule has 3 rings (SSSR count). The first-order chi connectivity index (χ1) is 12.6. The molecule has 1 N–H and O–H groups in total. The van der Waals surface area contributed by atoms with Gasteiger partial charge in [-0.25, -0.2) is 9.97 Å². The predicted molar refractivity (Wildman–Crippen MR) is 91.3 cm³/mol. The van der Waals surface area contributed by atoms with E-state index in [1.165, 1.54) is 24.5 Å². The molecule has 1 atom stereocenters. The van der Waals surface area contributed by atoms with Gasteiger partial charge >= 0.3 is 6.18 Å². The molecule has 1 aliphatic rings. The molecule has 2 amide bonds. The van der Waals surface area contributed by atoms with Gasteiger partial charge in [-0.2, -0.15) is 13.2 Å². The molecule has 1 unspecified atom stereocenters. The van der Waals surface area contributed by atoms with E-state index in [-0.39, 0.29) is 17.1 Å². The van der Waals surface area contributed by atoms with Crippen LogP contribution in [0.4, 0.5) is 19.1 Å². The Labute approximate surface area is 153 Å². The molecule has 9 heteroatoms. The van der Waals surface area contributed by atoms with Crippen molar-refractivity contribution in [3.63, 3.8) is 0 Å². The maximum absolute atomic E-state index is 13.5. The van der Waals surface area contributed by atoms with Crippen molar-refractivity contribution in [2.24, 2.45) is 0 Å². The highest BCUT2D eigenvalue weighted by Crippen LogP contribution is 2.40. The minimum atomic E-state index is -4.53. The average molecular weight is 378 g/mol. The largest absolute Gasteiger partial charge is 0.397 e. The molecule has 0 saturated heterocycles. The standard InChI is InChI=1S/C18H17F3N4O2/c1-10-3-4-12-13(5-10)14(18(19,20)21)8-25(16(12)27)9-15(26)24-17-22-6-11(2)7-23-17/h3-7,14H,8-9H2,1-2H3,(H,22,23,24,26). The van der Waals surface area contributed by atoms with Crippen molar-refractivity contribution in [3.8, 4) is 0 Å². The molecule has 0 spiro atoms. The van der Waals surface area contributed by atoms with Crippen LogP contribution in [-0.4, -0.2) is 45.9 Å². The van der Waals surface area contributed by atoms with Crippen LogP contribution >= 0.6 is 0 Å². The van der Waals surface area contributed by atoms with Crippen molar-refractivity contribution in [2.45, 2.75) is 25.9 Å². The van der Waals surface area contributed by atoms with Crippen LogP contribution in [0.2, 0.25) is 0 Å². The molecule has 6 nitrogen and oxygen atoms in total. The first-order valence-electron chi connectivity index (χ1n) is 8.20. The van der Waals surface area contributed by atoms with E-state index in [1.54, 1.807) is 19.9 Å². The maximum Gasteiger partial charge on any atom is 0.397 e. The third-order valence-electron chi connectivity index (χ3n) is 4.26. The second-order valence-electron chi connectivity index (χ2n) is 6.50. The number of anilines is 1. The van der Waals surface area contributed by atoms with Crippen LogP contribution < -0.4 is 5.32 Å². The van der Waals surface area contributed by atoms with E-state index >= 15 is 0 Å². The zero-order valence-corrected chi connectivity index (χ0v) is 14.7. The second-order valence-corrected chi connectivity index (χ2v) is 6.50. The Morgan fingerprint density at radius 1 is 1.22 bits per heavy atom. The smallest absolute Gasteiger partial charge is 0.328 e. The Bertz CT molecular complexity index is 881. The Kier molecular flexibility index (Phi) is 4.86. The average Bonchev–Trinajstić information content (AvgIpc) is 2.58. The van der Waals surface area contributed by atoms with Crippen LogP contribution in [0.5, 0.6) is 0 Å². The molecule has 2 heterocycles. The van der Waals surface area contributed by atoms with Gasteiger partial charge in [-0.3, -0.25) is 14.9 Å². The highest BCUT2D eigenvalue weighted by Gasteiger charge is 2.47. The number of nitrogens with one attached hydrogen (secondary N) is 1. The number of aromatic nitrogens is 2. The molecule has 142 valence electrons. The van der Waals surface area contributed by atoms with Crippen molar-refractivity contribution in [2.75, 3.05) is 18.4 Å². The number of amides is 2. The lowest BCUT2D eigenvalue weighted by molar-refractivity contribution is -0.155. The number of hydrogen-bond acceptors (Lipinski definition) is 4. The van der Waals surface area contributed by atoms with Crippen LogP contribution in [0.3, 0.4) is 0 Å². The Hall–Kier alpha value is -2.97. The number of nitrogens with zero attached hydrogens (tertiary/aromatic N) is 3. The van der Waals surface area contributed by atoms with Crippen molar-refractivity contribution < 1.29 is 22.8 Å². The van der Waals surface area contributed by atoms with E-state index in [9.17, 15) is 22.8 Å². The molecular formula is C18H17F3N4O2. The van der Waals surface area contributed by atoms with Crippen LogP contribution in [0.15, 0.2) is 30.6 Å². The first kappa shape index (κ1) is 18.8. The lowest BCUT2D eigenvalue weighted by Gasteiger charge is -2.35. The van der Waals surface area contributed by atoms with Crippen LogP contribution in [0.1, 0.15) is 33.0 Å². The van der Waals surface area contributed by atoms with Gasteiger partial charge in [0, 0.05) is 24.5 Å². The van der Waals surface area contributed by atoms with Crippen LogP contribution in [-0.2, 0) is 4.79 Å². The summed E-state index contributed by atoms with van der Waals surface area (Å²) in [5, 5.41) is 2.39. The monoisotopic (exact) mass is 378 g/mol. The van der Waals surface area contributed by atoms with Crippen molar-refractivity contribution >= 4 is 17.8 Å². The van der Waals surface area contributed by atoms with E-state index in [0.717, 1.165) is 10.5 Å². The number of alkyl halides is 3. The number of benzene rings is 1.